The van der Waals surface area contributed by atoms with Crippen LogP contribution >= 0.6 is 22.6 Å². The van der Waals surface area contributed by atoms with Crippen molar-refractivity contribution in [2.45, 2.75) is 13.0 Å². The second-order valence-corrected chi connectivity index (χ2v) is 5.21. The summed E-state index contributed by atoms with van der Waals surface area (Å²) < 4.78 is 6.65. The summed E-state index contributed by atoms with van der Waals surface area (Å²) in [4.78, 5) is 12.0. The topological polar surface area (TPSA) is 38.3 Å². The molecule has 4 heteroatoms. The van der Waals surface area contributed by atoms with E-state index in [1.54, 1.807) is 6.92 Å². The molecule has 1 unspecified atom stereocenters. The van der Waals surface area contributed by atoms with Crippen LogP contribution in [0, 0.1) is 3.57 Å². The quantitative estimate of drug-likeness (QED) is 0.837. The smallest absolute Gasteiger partial charge is 0.265 e. The van der Waals surface area contributed by atoms with Gasteiger partial charge in [0.05, 0.1) is 3.57 Å². The van der Waals surface area contributed by atoms with E-state index in [0.717, 1.165) is 15.0 Å². The molecule has 0 aromatic heterocycles. The number of hydrogen-bond acceptors (Lipinski definition) is 2. The van der Waals surface area contributed by atoms with E-state index in [0.29, 0.717) is 0 Å². The molecule has 0 fully saturated rings. The third-order valence-electron chi connectivity index (χ3n) is 2.55. The van der Waals surface area contributed by atoms with E-state index in [1.165, 1.54) is 0 Å². The summed E-state index contributed by atoms with van der Waals surface area (Å²) in [5.74, 6) is 0.560. The number of rotatable bonds is 4. The first-order valence-electron chi connectivity index (χ1n) is 5.94. The van der Waals surface area contributed by atoms with Crippen molar-refractivity contribution in [1.82, 2.24) is 0 Å². The Kier molecular flexibility index (Phi) is 4.79. The van der Waals surface area contributed by atoms with Gasteiger partial charge in [0.25, 0.3) is 5.91 Å². The fraction of sp³-hybridized carbons (Fsp3) is 0.133. The molecule has 0 saturated carbocycles. The summed E-state index contributed by atoms with van der Waals surface area (Å²) in [6, 6.07) is 17.0. The summed E-state index contributed by atoms with van der Waals surface area (Å²) >= 11 is 2.18. The molecule has 0 saturated heterocycles. The molecule has 0 aliphatic carbocycles. The molecule has 2 aromatic rings. The highest BCUT2D eigenvalue weighted by Gasteiger charge is 2.15. The lowest BCUT2D eigenvalue weighted by atomic mass is 10.3. The number of para-hydroxylation sites is 2. The molecule has 2 rings (SSSR count). The van der Waals surface area contributed by atoms with Crippen molar-refractivity contribution in [2.75, 3.05) is 5.32 Å². The SMILES string of the molecule is CC(Oc1ccccc1I)C(=O)Nc1ccccc1. The second kappa shape index (κ2) is 6.56. The molecule has 2 aromatic carbocycles. The van der Waals surface area contributed by atoms with Crippen LogP contribution in [0.5, 0.6) is 5.75 Å². The summed E-state index contributed by atoms with van der Waals surface area (Å²) in [7, 11) is 0. The van der Waals surface area contributed by atoms with Crippen LogP contribution in [-0.2, 0) is 4.79 Å². The van der Waals surface area contributed by atoms with E-state index in [-0.39, 0.29) is 5.91 Å². The van der Waals surface area contributed by atoms with Crippen molar-refractivity contribution >= 4 is 34.2 Å². The summed E-state index contributed by atoms with van der Waals surface area (Å²) in [6.07, 6.45) is -0.545. The van der Waals surface area contributed by atoms with Gasteiger partial charge in [-0.3, -0.25) is 4.79 Å². The Morgan fingerprint density at radius 1 is 1.11 bits per heavy atom. The Morgan fingerprint density at radius 2 is 1.74 bits per heavy atom. The number of benzene rings is 2. The Labute approximate surface area is 126 Å². The number of carbonyl (C=O) groups excluding carboxylic acids is 1. The molecule has 3 nitrogen and oxygen atoms in total. The predicted octanol–water partition coefficient (Wildman–Crippen LogP) is 3.70. The molecule has 1 atom stereocenters. The zero-order valence-corrected chi connectivity index (χ0v) is 12.6. The maximum atomic E-state index is 12.0. The zero-order valence-electron chi connectivity index (χ0n) is 10.5. The molecule has 0 bridgehead atoms. The van der Waals surface area contributed by atoms with Crippen LogP contribution < -0.4 is 10.1 Å². The minimum atomic E-state index is -0.545. The number of carbonyl (C=O) groups is 1. The van der Waals surface area contributed by atoms with Crippen LogP contribution in [0.4, 0.5) is 5.69 Å². The van der Waals surface area contributed by atoms with Crippen LogP contribution in [-0.4, -0.2) is 12.0 Å². The zero-order chi connectivity index (χ0) is 13.7. The van der Waals surface area contributed by atoms with Gasteiger partial charge in [-0.05, 0) is 53.8 Å². The molecule has 0 spiro atoms. The highest BCUT2D eigenvalue weighted by molar-refractivity contribution is 14.1. The first-order chi connectivity index (χ1) is 9.16. The van der Waals surface area contributed by atoms with Crippen molar-refractivity contribution in [3.8, 4) is 5.75 Å². The highest BCUT2D eigenvalue weighted by atomic mass is 127. The van der Waals surface area contributed by atoms with E-state index < -0.39 is 6.10 Å². The molecule has 0 aliphatic heterocycles. The van der Waals surface area contributed by atoms with Gasteiger partial charge in [0.1, 0.15) is 5.75 Å². The van der Waals surface area contributed by atoms with Gasteiger partial charge in [-0.2, -0.15) is 0 Å². The van der Waals surface area contributed by atoms with E-state index in [9.17, 15) is 4.79 Å². The molecule has 0 radical (unpaired) electrons. The largest absolute Gasteiger partial charge is 0.480 e. The molecular weight excluding hydrogens is 353 g/mol. The summed E-state index contributed by atoms with van der Waals surface area (Å²) in [5.41, 5.74) is 0.769. The van der Waals surface area contributed by atoms with E-state index >= 15 is 0 Å². The van der Waals surface area contributed by atoms with Gasteiger partial charge < -0.3 is 10.1 Å². The third kappa shape index (κ3) is 3.96. The normalized spacial score (nSPS) is 11.7. The maximum Gasteiger partial charge on any atom is 0.265 e. The van der Waals surface area contributed by atoms with Crippen molar-refractivity contribution in [2.24, 2.45) is 0 Å². The van der Waals surface area contributed by atoms with E-state index in [4.69, 9.17) is 4.74 Å². The standard InChI is InChI=1S/C15H14INO2/c1-11(19-14-10-6-5-9-13(14)16)15(18)17-12-7-3-2-4-8-12/h2-11H,1H3,(H,17,18). The fourth-order valence-electron chi connectivity index (χ4n) is 1.55. The lowest BCUT2D eigenvalue weighted by Gasteiger charge is -2.15. The van der Waals surface area contributed by atoms with Gasteiger partial charge in [-0.1, -0.05) is 30.3 Å². The van der Waals surface area contributed by atoms with Gasteiger partial charge in [0.15, 0.2) is 6.10 Å². The van der Waals surface area contributed by atoms with Crippen molar-refractivity contribution < 1.29 is 9.53 Å². The van der Waals surface area contributed by atoms with Crippen molar-refractivity contribution in [3.05, 3.63) is 58.2 Å². The van der Waals surface area contributed by atoms with Gasteiger partial charge in [-0.15, -0.1) is 0 Å². The average molecular weight is 367 g/mol. The van der Waals surface area contributed by atoms with Gasteiger partial charge in [0.2, 0.25) is 0 Å². The number of hydrogen-bond donors (Lipinski definition) is 1. The first-order valence-corrected chi connectivity index (χ1v) is 7.02. The summed E-state index contributed by atoms with van der Waals surface area (Å²) in [5, 5.41) is 2.82. The van der Waals surface area contributed by atoms with Crippen LogP contribution in [0.15, 0.2) is 54.6 Å². The van der Waals surface area contributed by atoms with Crippen LogP contribution in [0.2, 0.25) is 0 Å². The number of halogens is 1. The van der Waals surface area contributed by atoms with Crippen LogP contribution in [0.1, 0.15) is 6.92 Å². The van der Waals surface area contributed by atoms with Crippen LogP contribution in [0.3, 0.4) is 0 Å². The number of amides is 1. The molecular formula is C15H14INO2. The predicted molar refractivity (Wildman–Crippen MR) is 84.3 cm³/mol. The van der Waals surface area contributed by atoms with Gasteiger partial charge >= 0.3 is 0 Å². The second-order valence-electron chi connectivity index (χ2n) is 4.05. The minimum absolute atomic E-state index is 0.161. The number of anilines is 1. The van der Waals surface area contributed by atoms with Crippen LogP contribution in [0.25, 0.3) is 0 Å². The molecule has 0 aliphatic rings. The van der Waals surface area contributed by atoms with Crippen molar-refractivity contribution in [1.29, 1.82) is 0 Å². The molecule has 19 heavy (non-hydrogen) atoms. The van der Waals surface area contributed by atoms with E-state index in [2.05, 4.69) is 27.9 Å². The first kappa shape index (κ1) is 13.9. The average Bonchev–Trinajstić information content (AvgIpc) is 2.42. The lowest BCUT2D eigenvalue weighted by Crippen LogP contribution is -2.30. The van der Waals surface area contributed by atoms with Crippen molar-refractivity contribution in [3.63, 3.8) is 0 Å². The molecule has 1 amide bonds. The fourth-order valence-corrected chi connectivity index (χ4v) is 2.06. The maximum absolute atomic E-state index is 12.0. The minimum Gasteiger partial charge on any atom is -0.480 e. The highest BCUT2D eigenvalue weighted by Crippen LogP contribution is 2.21. The Balaban J connectivity index is 1.98. The van der Waals surface area contributed by atoms with Gasteiger partial charge in [0, 0.05) is 5.69 Å². The molecule has 0 heterocycles. The third-order valence-corrected chi connectivity index (χ3v) is 3.44. The summed E-state index contributed by atoms with van der Waals surface area (Å²) in [6.45, 7) is 1.74. The number of nitrogens with one attached hydrogen (secondary N) is 1. The van der Waals surface area contributed by atoms with E-state index in [1.807, 2.05) is 54.6 Å². The Hall–Kier alpha value is -1.56. The lowest BCUT2D eigenvalue weighted by molar-refractivity contribution is -0.122. The Bertz CT molecular complexity index is 557. The molecule has 98 valence electrons. The Morgan fingerprint density at radius 3 is 2.42 bits per heavy atom. The molecule has 1 N–H and O–H groups in total. The monoisotopic (exact) mass is 367 g/mol. The van der Waals surface area contributed by atoms with Gasteiger partial charge in [-0.25, -0.2) is 0 Å². The number of ether oxygens (including phenoxy) is 1.